The van der Waals surface area contributed by atoms with Crippen LogP contribution in [0.4, 0.5) is 5.69 Å². The van der Waals surface area contributed by atoms with E-state index in [0.29, 0.717) is 0 Å². The first kappa shape index (κ1) is 15.2. The van der Waals surface area contributed by atoms with E-state index in [0.717, 1.165) is 28.8 Å². The maximum atomic E-state index is 4.32. The quantitative estimate of drug-likeness (QED) is 0.519. The Hall–Kier alpha value is -3.33. The van der Waals surface area contributed by atoms with Gasteiger partial charge in [0.15, 0.2) is 0 Å². The fraction of sp³-hybridized carbons (Fsp3) is 0.0455. The Bertz CT molecular complexity index is 983. The average molecular weight is 325 g/mol. The molecule has 0 spiro atoms. The third-order valence-electron chi connectivity index (χ3n) is 4.19. The van der Waals surface area contributed by atoms with Crippen molar-refractivity contribution < 1.29 is 0 Å². The molecule has 2 N–H and O–H groups in total. The second kappa shape index (κ2) is 7.05. The van der Waals surface area contributed by atoms with Gasteiger partial charge in [0.05, 0.1) is 0 Å². The molecule has 0 saturated heterocycles. The van der Waals surface area contributed by atoms with Gasteiger partial charge in [-0.3, -0.25) is 0 Å². The highest BCUT2D eigenvalue weighted by Gasteiger charge is 2.00. The Morgan fingerprint density at radius 1 is 0.880 bits per heavy atom. The average Bonchev–Trinajstić information content (AvgIpc) is 3.10. The standard InChI is InChI=1S/C22H19N3/c1-2-5-18(6-3-1)15-24-20-12-9-17(10-13-20)8-11-19-16-25-22-21(19)7-4-14-23-22/h1-14,16,24H,15H2,(H,23,25). The summed E-state index contributed by atoms with van der Waals surface area (Å²) in [7, 11) is 0. The molecule has 0 aliphatic carbocycles. The number of H-pyrrole nitrogens is 1. The zero-order valence-corrected chi connectivity index (χ0v) is 13.8. The van der Waals surface area contributed by atoms with E-state index in [-0.39, 0.29) is 0 Å². The molecule has 0 saturated carbocycles. The number of aromatic amines is 1. The molecule has 2 heterocycles. The highest BCUT2D eigenvalue weighted by Crippen LogP contribution is 2.19. The van der Waals surface area contributed by atoms with Gasteiger partial charge in [-0.05, 0) is 35.4 Å². The van der Waals surface area contributed by atoms with Crippen LogP contribution in [0.15, 0.2) is 79.1 Å². The lowest BCUT2D eigenvalue weighted by molar-refractivity contribution is 1.15. The van der Waals surface area contributed by atoms with E-state index in [1.807, 2.05) is 18.3 Å². The first-order valence-corrected chi connectivity index (χ1v) is 8.36. The second-order valence-corrected chi connectivity index (χ2v) is 5.94. The normalized spacial score (nSPS) is 11.2. The maximum absolute atomic E-state index is 4.32. The summed E-state index contributed by atoms with van der Waals surface area (Å²) < 4.78 is 0. The summed E-state index contributed by atoms with van der Waals surface area (Å²) in [6, 6.07) is 22.9. The van der Waals surface area contributed by atoms with Crippen LogP contribution < -0.4 is 5.32 Å². The summed E-state index contributed by atoms with van der Waals surface area (Å²) in [6.45, 7) is 0.832. The van der Waals surface area contributed by atoms with Gasteiger partial charge in [-0.15, -0.1) is 0 Å². The van der Waals surface area contributed by atoms with Gasteiger partial charge in [0.2, 0.25) is 0 Å². The zero-order valence-electron chi connectivity index (χ0n) is 13.8. The summed E-state index contributed by atoms with van der Waals surface area (Å²) in [6.07, 6.45) is 8.03. The van der Waals surface area contributed by atoms with Crippen LogP contribution in [0.1, 0.15) is 16.7 Å². The van der Waals surface area contributed by atoms with Crippen molar-refractivity contribution >= 4 is 28.9 Å². The molecule has 3 heteroatoms. The van der Waals surface area contributed by atoms with E-state index in [9.17, 15) is 0 Å². The molecule has 0 fully saturated rings. The summed E-state index contributed by atoms with van der Waals surface area (Å²) in [4.78, 5) is 7.51. The number of fused-ring (bicyclic) bond motifs is 1. The van der Waals surface area contributed by atoms with Gasteiger partial charge in [-0.25, -0.2) is 4.98 Å². The molecular weight excluding hydrogens is 306 g/mol. The molecule has 2 aromatic carbocycles. The van der Waals surface area contributed by atoms with Crippen molar-refractivity contribution in [3.63, 3.8) is 0 Å². The smallest absolute Gasteiger partial charge is 0.137 e. The first-order valence-electron chi connectivity index (χ1n) is 8.36. The van der Waals surface area contributed by atoms with Gasteiger partial charge in [0.25, 0.3) is 0 Å². The number of anilines is 1. The van der Waals surface area contributed by atoms with Crippen LogP contribution in [0, 0.1) is 0 Å². The van der Waals surface area contributed by atoms with Crippen LogP contribution in [0.3, 0.4) is 0 Å². The zero-order chi connectivity index (χ0) is 16.9. The molecule has 3 nitrogen and oxygen atoms in total. The number of nitrogens with zero attached hydrogens (tertiary/aromatic N) is 1. The molecule has 2 aromatic heterocycles. The Kier molecular flexibility index (Phi) is 4.29. The van der Waals surface area contributed by atoms with E-state index in [2.05, 4.69) is 82.0 Å². The number of hydrogen-bond acceptors (Lipinski definition) is 2. The summed E-state index contributed by atoms with van der Waals surface area (Å²) in [5, 5.41) is 4.58. The first-order chi connectivity index (χ1) is 12.4. The molecule has 0 unspecified atom stereocenters. The van der Waals surface area contributed by atoms with Gasteiger partial charge in [0.1, 0.15) is 5.65 Å². The molecule has 0 aliphatic rings. The highest BCUT2D eigenvalue weighted by molar-refractivity contribution is 5.89. The Morgan fingerprint density at radius 2 is 1.72 bits per heavy atom. The summed E-state index contributed by atoms with van der Waals surface area (Å²) in [5.41, 5.74) is 5.64. The van der Waals surface area contributed by atoms with Crippen LogP contribution in [0.25, 0.3) is 23.2 Å². The fourth-order valence-corrected chi connectivity index (χ4v) is 2.81. The van der Waals surface area contributed by atoms with Crippen molar-refractivity contribution in [2.75, 3.05) is 5.32 Å². The predicted octanol–water partition coefficient (Wildman–Crippen LogP) is 5.35. The highest BCUT2D eigenvalue weighted by atomic mass is 14.9. The largest absolute Gasteiger partial charge is 0.381 e. The summed E-state index contributed by atoms with van der Waals surface area (Å²) >= 11 is 0. The molecule has 0 aliphatic heterocycles. The van der Waals surface area contributed by atoms with Gasteiger partial charge < -0.3 is 10.3 Å². The van der Waals surface area contributed by atoms with Crippen LogP contribution in [0.2, 0.25) is 0 Å². The van der Waals surface area contributed by atoms with Gasteiger partial charge >= 0.3 is 0 Å². The van der Waals surface area contributed by atoms with Crippen LogP contribution in [-0.4, -0.2) is 9.97 Å². The SMILES string of the molecule is C(=Cc1c[nH]c2ncccc12)c1ccc(NCc2ccccc2)cc1. The van der Waals surface area contributed by atoms with Crippen molar-refractivity contribution in [3.8, 4) is 0 Å². The van der Waals surface area contributed by atoms with Crippen LogP contribution in [-0.2, 0) is 6.54 Å². The van der Waals surface area contributed by atoms with Crippen molar-refractivity contribution in [2.24, 2.45) is 0 Å². The lowest BCUT2D eigenvalue weighted by atomic mass is 10.1. The topological polar surface area (TPSA) is 40.7 Å². The number of hydrogen-bond donors (Lipinski definition) is 2. The lowest BCUT2D eigenvalue weighted by Crippen LogP contribution is -1.98. The van der Waals surface area contributed by atoms with E-state index in [1.165, 1.54) is 11.1 Å². The molecule has 25 heavy (non-hydrogen) atoms. The monoisotopic (exact) mass is 325 g/mol. The maximum Gasteiger partial charge on any atom is 0.137 e. The predicted molar refractivity (Wildman–Crippen MR) is 105 cm³/mol. The van der Waals surface area contributed by atoms with Crippen molar-refractivity contribution in [1.29, 1.82) is 0 Å². The van der Waals surface area contributed by atoms with Gasteiger partial charge in [0, 0.05) is 35.6 Å². The Morgan fingerprint density at radius 3 is 2.56 bits per heavy atom. The van der Waals surface area contributed by atoms with Gasteiger partial charge in [-0.1, -0.05) is 54.6 Å². The van der Waals surface area contributed by atoms with Crippen molar-refractivity contribution in [3.05, 3.63) is 95.8 Å². The van der Waals surface area contributed by atoms with Crippen molar-refractivity contribution in [1.82, 2.24) is 9.97 Å². The van der Waals surface area contributed by atoms with Gasteiger partial charge in [-0.2, -0.15) is 0 Å². The minimum Gasteiger partial charge on any atom is -0.381 e. The Balaban J connectivity index is 1.43. The second-order valence-electron chi connectivity index (χ2n) is 5.94. The number of rotatable bonds is 5. The van der Waals surface area contributed by atoms with E-state index in [1.54, 1.807) is 6.20 Å². The molecule has 0 atom stereocenters. The van der Waals surface area contributed by atoms with Crippen molar-refractivity contribution in [2.45, 2.75) is 6.54 Å². The minimum atomic E-state index is 0.832. The minimum absolute atomic E-state index is 0.832. The van der Waals surface area contributed by atoms with E-state index < -0.39 is 0 Å². The number of pyridine rings is 1. The molecule has 0 bridgehead atoms. The Labute approximate surface area is 147 Å². The third-order valence-corrected chi connectivity index (χ3v) is 4.19. The molecule has 0 amide bonds. The number of aromatic nitrogens is 2. The molecule has 4 rings (SSSR count). The molecular formula is C22H19N3. The van der Waals surface area contributed by atoms with E-state index >= 15 is 0 Å². The fourth-order valence-electron chi connectivity index (χ4n) is 2.81. The lowest BCUT2D eigenvalue weighted by Gasteiger charge is -2.06. The number of nitrogens with one attached hydrogen (secondary N) is 2. The number of benzene rings is 2. The molecule has 122 valence electrons. The molecule has 0 radical (unpaired) electrons. The third kappa shape index (κ3) is 3.61. The van der Waals surface area contributed by atoms with Crippen LogP contribution >= 0.6 is 0 Å². The van der Waals surface area contributed by atoms with Crippen LogP contribution in [0.5, 0.6) is 0 Å². The summed E-state index contributed by atoms with van der Waals surface area (Å²) in [5.74, 6) is 0. The van der Waals surface area contributed by atoms with E-state index in [4.69, 9.17) is 0 Å². The molecule has 4 aromatic rings.